The van der Waals surface area contributed by atoms with Crippen LogP contribution in [0.3, 0.4) is 0 Å². The van der Waals surface area contributed by atoms with Gasteiger partial charge in [0.2, 0.25) is 10.0 Å². The SMILES string of the molecule is COc1ccc(S(=O)(=O)NC[C@@H](c2ccc(F)cc2)S(=O)(=O)c2cccs2)cc1Cl. The largest absolute Gasteiger partial charge is 0.495 e. The van der Waals surface area contributed by atoms with E-state index in [1.807, 2.05) is 0 Å². The summed E-state index contributed by atoms with van der Waals surface area (Å²) in [6, 6.07) is 11.8. The molecule has 11 heteroatoms. The zero-order valence-corrected chi connectivity index (χ0v) is 18.8. The zero-order chi connectivity index (χ0) is 21.9. The Morgan fingerprint density at radius 3 is 2.37 bits per heavy atom. The summed E-state index contributed by atoms with van der Waals surface area (Å²) in [5.74, 6) is -0.223. The molecule has 0 fully saturated rings. The van der Waals surface area contributed by atoms with Crippen molar-refractivity contribution in [1.82, 2.24) is 4.72 Å². The molecule has 0 aliphatic rings. The van der Waals surface area contributed by atoms with Gasteiger partial charge in [0.05, 0.1) is 17.0 Å². The van der Waals surface area contributed by atoms with Gasteiger partial charge in [-0.1, -0.05) is 29.8 Å². The van der Waals surface area contributed by atoms with Gasteiger partial charge in [0, 0.05) is 6.54 Å². The number of halogens is 2. The molecule has 0 saturated carbocycles. The molecule has 0 bridgehead atoms. The van der Waals surface area contributed by atoms with Crippen molar-refractivity contribution in [1.29, 1.82) is 0 Å². The number of thiophene rings is 1. The normalized spacial score (nSPS) is 13.2. The fourth-order valence-corrected chi connectivity index (χ4v) is 7.10. The number of hydrogen-bond donors (Lipinski definition) is 1. The molecule has 0 radical (unpaired) electrons. The minimum absolute atomic E-state index is 0.0866. The van der Waals surface area contributed by atoms with Gasteiger partial charge in [-0.2, -0.15) is 0 Å². The maximum atomic E-state index is 13.3. The second-order valence-corrected chi connectivity index (χ2v) is 11.6. The quantitative estimate of drug-likeness (QED) is 0.515. The van der Waals surface area contributed by atoms with Crippen LogP contribution < -0.4 is 9.46 Å². The summed E-state index contributed by atoms with van der Waals surface area (Å²) in [6.45, 7) is -0.447. The number of methoxy groups -OCH3 is 1. The van der Waals surface area contributed by atoms with Gasteiger partial charge in [0.1, 0.15) is 21.0 Å². The van der Waals surface area contributed by atoms with Crippen LogP contribution in [0.2, 0.25) is 5.02 Å². The average Bonchev–Trinajstić information content (AvgIpc) is 3.25. The van der Waals surface area contributed by atoms with Gasteiger partial charge in [-0.15, -0.1) is 11.3 Å². The van der Waals surface area contributed by atoms with Crippen LogP contribution in [0.25, 0.3) is 0 Å². The van der Waals surface area contributed by atoms with Gasteiger partial charge in [-0.05, 0) is 47.3 Å². The third-order valence-corrected chi connectivity index (χ3v) is 9.53. The summed E-state index contributed by atoms with van der Waals surface area (Å²) in [4.78, 5) is -0.139. The van der Waals surface area contributed by atoms with E-state index in [1.165, 1.54) is 43.5 Å². The van der Waals surface area contributed by atoms with Crippen molar-refractivity contribution < 1.29 is 26.0 Å². The maximum absolute atomic E-state index is 13.3. The first-order valence-electron chi connectivity index (χ1n) is 8.51. The Morgan fingerprint density at radius 2 is 1.80 bits per heavy atom. The smallest absolute Gasteiger partial charge is 0.240 e. The second kappa shape index (κ2) is 9.03. The van der Waals surface area contributed by atoms with Crippen molar-refractivity contribution in [3.63, 3.8) is 0 Å². The topological polar surface area (TPSA) is 89.5 Å². The molecule has 0 aliphatic heterocycles. The molecular weight excluding hydrogens is 473 g/mol. The van der Waals surface area contributed by atoms with Crippen LogP contribution in [0.4, 0.5) is 4.39 Å². The summed E-state index contributed by atoms with van der Waals surface area (Å²) in [7, 11) is -6.60. The van der Waals surface area contributed by atoms with Crippen molar-refractivity contribution in [2.24, 2.45) is 0 Å². The second-order valence-electron chi connectivity index (χ2n) is 6.17. The van der Waals surface area contributed by atoms with Gasteiger partial charge in [0.25, 0.3) is 0 Å². The molecule has 0 amide bonds. The summed E-state index contributed by atoms with van der Waals surface area (Å²) in [5.41, 5.74) is 0.264. The van der Waals surface area contributed by atoms with Gasteiger partial charge < -0.3 is 4.74 Å². The first-order valence-corrected chi connectivity index (χ1v) is 12.8. The van der Waals surface area contributed by atoms with E-state index in [9.17, 15) is 21.2 Å². The van der Waals surface area contributed by atoms with E-state index in [-0.39, 0.29) is 19.7 Å². The molecule has 1 N–H and O–H groups in total. The van der Waals surface area contributed by atoms with Crippen LogP contribution in [0.5, 0.6) is 5.75 Å². The number of hydrogen-bond acceptors (Lipinski definition) is 6. The Labute approximate surface area is 183 Å². The van der Waals surface area contributed by atoms with Crippen LogP contribution in [-0.2, 0) is 19.9 Å². The lowest BCUT2D eigenvalue weighted by molar-refractivity contribution is 0.414. The van der Waals surface area contributed by atoms with Gasteiger partial charge >= 0.3 is 0 Å². The van der Waals surface area contributed by atoms with E-state index < -0.39 is 37.5 Å². The molecule has 6 nitrogen and oxygen atoms in total. The Hall–Kier alpha value is -1.98. The van der Waals surface area contributed by atoms with E-state index >= 15 is 0 Å². The first kappa shape index (κ1) is 22.7. The van der Waals surface area contributed by atoms with Gasteiger partial charge in [-0.25, -0.2) is 25.9 Å². The lowest BCUT2D eigenvalue weighted by Gasteiger charge is -2.18. The molecule has 160 valence electrons. The summed E-state index contributed by atoms with van der Waals surface area (Å²) in [5, 5.41) is 0.458. The number of sulfonamides is 1. The summed E-state index contributed by atoms with van der Waals surface area (Å²) >= 11 is 7.02. The van der Waals surface area contributed by atoms with Crippen LogP contribution >= 0.6 is 22.9 Å². The van der Waals surface area contributed by atoms with E-state index in [1.54, 1.807) is 11.4 Å². The van der Waals surface area contributed by atoms with Crippen molar-refractivity contribution in [2.75, 3.05) is 13.7 Å². The lowest BCUT2D eigenvalue weighted by atomic mass is 10.1. The molecule has 1 atom stereocenters. The first-order chi connectivity index (χ1) is 14.1. The third-order valence-electron chi connectivity index (χ3n) is 4.28. The number of sulfone groups is 1. The van der Waals surface area contributed by atoms with Gasteiger partial charge in [-0.3, -0.25) is 0 Å². The Morgan fingerprint density at radius 1 is 1.10 bits per heavy atom. The Balaban J connectivity index is 1.94. The van der Waals surface area contributed by atoms with Crippen LogP contribution in [0.1, 0.15) is 10.8 Å². The molecule has 3 aromatic rings. The number of nitrogens with one attached hydrogen (secondary N) is 1. The van der Waals surface area contributed by atoms with Crippen LogP contribution in [0.15, 0.2) is 69.1 Å². The highest BCUT2D eigenvalue weighted by Gasteiger charge is 2.31. The van der Waals surface area contributed by atoms with Crippen molar-refractivity contribution in [2.45, 2.75) is 14.4 Å². The van der Waals surface area contributed by atoms with Crippen molar-refractivity contribution in [3.8, 4) is 5.75 Å². The lowest BCUT2D eigenvalue weighted by Crippen LogP contribution is -2.31. The number of benzene rings is 2. The third kappa shape index (κ3) is 4.84. The van der Waals surface area contributed by atoms with Gasteiger partial charge in [0.15, 0.2) is 9.84 Å². The molecule has 3 rings (SSSR count). The summed E-state index contributed by atoms with van der Waals surface area (Å²) < 4.78 is 72.4. The fourth-order valence-electron chi connectivity index (χ4n) is 2.73. The minimum Gasteiger partial charge on any atom is -0.495 e. The molecule has 0 spiro atoms. The summed E-state index contributed by atoms with van der Waals surface area (Å²) in [6.07, 6.45) is 0. The van der Waals surface area contributed by atoms with E-state index in [4.69, 9.17) is 16.3 Å². The average molecular weight is 490 g/mol. The molecular formula is C19H17ClFNO5S3. The standard InChI is InChI=1S/C19H17ClFNO5S3/c1-27-17-9-8-15(11-16(17)20)30(25,26)22-12-18(13-4-6-14(21)7-5-13)29(23,24)19-3-2-10-28-19/h2-11,18,22H,12H2,1H3/t18-/m0/s1. The molecule has 30 heavy (non-hydrogen) atoms. The molecule has 0 unspecified atom stereocenters. The highest BCUT2D eigenvalue weighted by atomic mass is 35.5. The number of ether oxygens (including phenoxy) is 1. The molecule has 1 aromatic heterocycles. The van der Waals surface area contributed by atoms with Crippen molar-refractivity contribution in [3.05, 3.63) is 76.4 Å². The number of rotatable bonds is 8. The van der Waals surface area contributed by atoms with E-state index in [0.29, 0.717) is 5.75 Å². The van der Waals surface area contributed by atoms with E-state index in [2.05, 4.69) is 4.72 Å². The Bertz CT molecular complexity index is 1230. The Kier molecular flexibility index (Phi) is 6.83. The van der Waals surface area contributed by atoms with Crippen LogP contribution in [0, 0.1) is 5.82 Å². The highest BCUT2D eigenvalue weighted by Crippen LogP contribution is 2.32. The predicted octanol–water partition coefficient (Wildman–Crippen LogP) is 4.04. The fraction of sp³-hybridized carbons (Fsp3) is 0.158. The zero-order valence-electron chi connectivity index (χ0n) is 15.6. The van der Waals surface area contributed by atoms with Crippen LogP contribution in [-0.4, -0.2) is 30.5 Å². The molecule has 1 heterocycles. The maximum Gasteiger partial charge on any atom is 0.240 e. The molecule has 0 saturated heterocycles. The molecule has 0 aliphatic carbocycles. The molecule has 2 aromatic carbocycles. The van der Waals surface area contributed by atoms with E-state index in [0.717, 1.165) is 23.5 Å². The minimum atomic E-state index is -4.07. The predicted molar refractivity (Wildman–Crippen MR) is 114 cm³/mol. The monoisotopic (exact) mass is 489 g/mol. The van der Waals surface area contributed by atoms with Crippen molar-refractivity contribution >= 4 is 42.8 Å². The highest BCUT2D eigenvalue weighted by molar-refractivity contribution is 7.93.